The molecule has 0 bridgehead atoms. The van der Waals surface area contributed by atoms with E-state index < -0.39 is 23.5 Å². The van der Waals surface area contributed by atoms with E-state index in [0.29, 0.717) is 42.4 Å². The lowest BCUT2D eigenvalue weighted by atomic mass is 9.95. The van der Waals surface area contributed by atoms with Crippen LogP contribution in [-0.2, 0) is 9.59 Å². The molecule has 0 aliphatic carbocycles. The number of aromatic nitrogens is 1. The van der Waals surface area contributed by atoms with Crippen LogP contribution in [0.25, 0.3) is 5.76 Å². The Morgan fingerprint density at radius 3 is 2.48 bits per heavy atom. The van der Waals surface area contributed by atoms with Gasteiger partial charge in [0, 0.05) is 30.9 Å². The van der Waals surface area contributed by atoms with Gasteiger partial charge in [-0.05, 0) is 49.2 Å². The average molecular weight is 452 g/mol. The number of carbonyl (C=O) groups excluding carboxylic acids is 2. The molecule has 2 aromatic rings. The molecule has 8 nitrogen and oxygen atoms in total. The predicted octanol–water partition coefficient (Wildman–Crippen LogP) is 0.392. The second kappa shape index (κ2) is 10.0. The Hall–Kier alpha value is -3.39. The molecule has 1 N–H and O–H groups in total. The first-order chi connectivity index (χ1) is 16.0. The van der Waals surface area contributed by atoms with E-state index >= 15 is 0 Å². The van der Waals surface area contributed by atoms with Crippen LogP contribution >= 0.6 is 0 Å². The van der Waals surface area contributed by atoms with Crippen molar-refractivity contribution in [2.75, 3.05) is 39.4 Å². The van der Waals surface area contributed by atoms with Crippen molar-refractivity contribution in [3.8, 4) is 11.5 Å². The van der Waals surface area contributed by atoms with Crippen LogP contribution in [0.2, 0.25) is 0 Å². The smallest absolute Gasteiger partial charge is 0.295 e. The third kappa shape index (κ3) is 4.57. The quantitative estimate of drug-likeness (QED) is 0.354. The summed E-state index contributed by atoms with van der Waals surface area (Å²) in [7, 11) is 0. The van der Waals surface area contributed by atoms with Gasteiger partial charge in [-0.15, -0.1) is 0 Å². The van der Waals surface area contributed by atoms with Crippen molar-refractivity contribution in [2.24, 2.45) is 0 Å². The molecule has 0 spiro atoms. The van der Waals surface area contributed by atoms with Crippen LogP contribution in [0, 0.1) is 0 Å². The summed E-state index contributed by atoms with van der Waals surface area (Å²) >= 11 is 0. The van der Waals surface area contributed by atoms with E-state index in [2.05, 4.69) is 18.8 Å². The number of quaternary nitrogens is 1. The standard InChI is InChI=1S/C25H29N3O5/c1-3-27(4-2)12-5-13-28-22(17-8-10-26-11-9-17)21(24(30)25(28)31)23(29)18-6-7-19-20(16-18)33-15-14-32-19/h6-11,16,22,29H,3-5,12-15H2,1-2H3. The summed E-state index contributed by atoms with van der Waals surface area (Å²) in [5.41, 5.74) is 0.960. The number of hydrogen-bond acceptors (Lipinski definition) is 6. The number of amides is 1. The van der Waals surface area contributed by atoms with Gasteiger partial charge >= 0.3 is 0 Å². The van der Waals surface area contributed by atoms with E-state index in [9.17, 15) is 14.7 Å². The molecule has 4 rings (SSSR count). The zero-order valence-corrected chi connectivity index (χ0v) is 19.0. The molecule has 1 aromatic heterocycles. The Morgan fingerprint density at radius 1 is 1.09 bits per heavy atom. The van der Waals surface area contributed by atoms with Crippen molar-refractivity contribution in [1.29, 1.82) is 0 Å². The second-order valence-electron chi connectivity index (χ2n) is 8.17. The number of Topliss-reactive ketones (excluding diaryl/α,β-unsaturated/α-hetero) is 1. The predicted molar refractivity (Wildman–Crippen MR) is 120 cm³/mol. The lowest BCUT2D eigenvalue weighted by Gasteiger charge is -2.28. The first-order valence-electron chi connectivity index (χ1n) is 11.4. The van der Waals surface area contributed by atoms with E-state index in [1.165, 1.54) is 9.80 Å². The van der Waals surface area contributed by atoms with Crippen LogP contribution in [-0.4, -0.2) is 61.0 Å². The van der Waals surface area contributed by atoms with Gasteiger partial charge in [-0.3, -0.25) is 14.6 Å². The first-order valence-corrected chi connectivity index (χ1v) is 11.4. The van der Waals surface area contributed by atoms with Crippen LogP contribution in [0.4, 0.5) is 0 Å². The summed E-state index contributed by atoms with van der Waals surface area (Å²) in [6, 6.07) is 7.61. The first kappa shape index (κ1) is 22.8. The Labute approximate surface area is 193 Å². The molecule has 0 radical (unpaired) electrons. The van der Waals surface area contributed by atoms with E-state index in [1.807, 2.05) is 0 Å². The number of likely N-dealkylation sites (tertiary alicyclic amines) is 1. The highest BCUT2D eigenvalue weighted by Gasteiger charge is 2.44. The summed E-state index contributed by atoms with van der Waals surface area (Å²) < 4.78 is 11.1. The maximum absolute atomic E-state index is 13.5. The van der Waals surface area contributed by atoms with Crippen LogP contribution in [0.15, 0.2) is 48.3 Å². The number of benzene rings is 1. The van der Waals surface area contributed by atoms with Gasteiger partial charge in [-0.1, -0.05) is 11.8 Å². The lowest BCUT2D eigenvalue weighted by Crippen LogP contribution is -3.11. The van der Waals surface area contributed by atoms with Crippen LogP contribution in [0.3, 0.4) is 0 Å². The minimum atomic E-state index is -0.744. The largest absolute Gasteiger partial charge is 0.872 e. The SMILES string of the molecule is CC[NH+](CC)CCCN1C(=O)C(=O)C(=C([O-])c2ccc3c(c2)OCCO3)C1c1ccncc1. The highest BCUT2D eigenvalue weighted by molar-refractivity contribution is 6.46. The van der Waals surface area contributed by atoms with Gasteiger partial charge in [0.05, 0.1) is 25.7 Å². The number of ketones is 1. The molecule has 174 valence electrons. The molecule has 2 aliphatic heterocycles. The molecule has 33 heavy (non-hydrogen) atoms. The van der Waals surface area contributed by atoms with E-state index in [0.717, 1.165) is 26.1 Å². The monoisotopic (exact) mass is 451 g/mol. The van der Waals surface area contributed by atoms with E-state index in [1.54, 1.807) is 42.7 Å². The number of ether oxygens (including phenoxy) is 2. The molecular formula is C25H29N3O5. The number of nitrogens with zero attached hydrogens (tertiary/aromatic N) is 2. The zero-order chi connectivity index (χ0) is 23.4. The number of nitrogens with one attached hydrogen (secondary N) is 1. The molecule has 8 heteroatoms. The number of rotatable bonds is 8. The van der Waals surface area contributed by atoms with E-state index in [4.69, 9.17) is 9.47 Å². The van der Waals surface area contributed by atoms with Gasteiger partial charge < -0.3 is 24.4 Å². The Morgan fingerprint density at radius 2 is 1.79 bits per heavy atom. The molecule has 1 saturated heterocycles. The fourth-order valence-corrected chi connectivity index (χ4v) is 4.44. The summed E-state index contributed by atoms with van der Waals surface area (Å²) in [5.74, 6) is -0.824. The molecule has 1 unspecified atom stereocenters. The number of fused-ring (bicyclic) bond motifs is 1. The van der Waals surface area contributed by atoms with Gasteiger partial charge in [0.25, 0.3) is 5.91 Å². The fourth-order valence-electron chi connectivity index (χ4n) is 4.44. The molecule has 1 aromatic carbocycles. The van der Waals surface area contributed by atoms with Crippen LogP contribution in [0.1, 0.15) is 37.4 Å². The molecular weight excluding hydrogens is 422 g/mol. The van der Waals surface area contributed by atoms with E-state index in [-0.39, 0.29) is 5.57 Å². The highest BCUT2D eigenvalue weighted by Crippen LogP contribution is 2.40. The Balaban J connectivity index is 1.71. The van der Waals surface area contributed by atoms with Crippen molar-refractivity contribution in [3.05, 3.63) is 59.4 Å². The van der Waals surface area contributed by atoms with Crippen molar-refractivity contribution >= 4 is 17.4 Å². The van der Waals surface area contributed by atoms with Crippen molar-refractivity contribution in [2.45, 2.75) is 26.3 Å². The third-order valence-electron chi connectivity index (χ3n) is 6.29. The van der Waals surface area contributed by atoms with Crippen LogP contribution in [0.5, 0.6) is 11.5 Å². The Bertz CT molecular complexity index is 1050. The molecule has 1 fully saturated rings. The van der Waals surface area contributed by atoms with Gasteiger partial charge in [0.15, 0.2) is 11.5 Å². The van der Waals surface area contributed by atoms with Gasteiger partial charge in [-0.2, -0.15) is 0 Å². The Kier molecular flexibility index (Phi) is 6.93. The van der Waals surface area contributed by atoms with Crippen LogP contribution < -0.4 is 19.5 Å². The molecule has 1 amide bonds. The summed E-state index contributed by atoms with van der Waals surface area (Å²) in [6.45, 7) is 8.37. The molecule has 1 atom stereocenters. The molecule has 2 aliphatic rings. The summed E-state index contributed by atoms with van der Waals surface area (Å²) in [6.07, 6.45) is 3.95. The third-order valence-corrected chi connectivity index (χ3v) is 6.29. The lowest BCUT2D eigenvalue weighted by molar-refractivity contribution is -0.896. The van der Waals surface area contributed by atoms with Gasteiger partial charge in [0.2, 0.25) is 5.78 Å². The molecule has 3 heterocycles. The summed E-state index contributed by atoms with van der Waals surface area (Å²) in [4.78, 5) is 33.1. The highest BCUT2D eigenvalue weighted by atomic mass is 16.6. The summed E-state index contributed by atoms with van der Waals surface area (Å²) in [5, 5.41) is 13.5. The second-order valence-corrected chi connectivity index (χ2v) is 8.17. The minimum Gasteiger partial charge on any atom is -0.872 e. The van der Waals surface area contributed by atoms with Gasteiger partial charge in [0.1, 0.15) is 13.2 Å². The minimum absolute atomic E-state index is 0.0296. The topological polar surface area (TPSA) is 96.2 Å². The maximum Gasteiger partial charge on any atom is 0.295 e. The number of carbonyl (C=O) groups is 2. The van der Waals surface area contributed by atoms with Crippen molar-refractivity contribution < 1.29 is 29.1 Å². The van der Waals surface area contributed by atoms with Crippen molar-refractivity contribution in [1.82, 2.24) is 9.88 Å². The van der Waals surface area contributed by atoms with Gasteiger partial charge in [-0.25, -0.2) is 0 Å². The maximum atomic E-state index is 13.5. The fraction of sp³-hybridized carbons (Fsp3) is 0.400. The number of hydrogen-bond donors (Lipinski definition) is 1. The van der Waals surface area contributed by atoms with Crippen molar-refractivity contribution in [3.63, 3.8) is 0 Å². The zero-order valence-electron chi connectivity index (χ0n) is 19.0. The number of pyridine rings is 1. The normalized spacial score (nSPS) is 19.4. The average Bonchev–Trinajstić information content (AvgIpc) is 3.11. The molecule has 0 saturated carbocycles.